The highest BCUT2D eigenvalue weighted by Crippen LogP contribution is 2.33. The average Bonchev–Trinajstić information content (AvgIpc) is 3.68. The fourth-order valence-electron chi connectivity index (χ4n) is 5.14. The molecule has 2 atom stereocenters. The summed E-state index contributed by atoms with van der Waals surface area (Å²) in [5.74, 6) is 0.785. The molecule has 8 nitrogen and oxygen atoms in total. The third-order valence-electron chi connectivity index (χ3n) is 7.08. The van der Waals surface area contributed by atoms with Gasteiger partial charge >= 0.3 is 0 Å². The molecule has 2 fully saturated rings. The minimum atomic E-state index is -0.883. The number of carbonyl (C=O) groups excluding carboxylic acids is 1. The van der Waals surface area contributed by atoms with Gasteiger partial charge in [-0.2, -0.15) is 0 Å². The zero-order valence-electron chi connectivity index (χ0n) is 21.2. The quantitative estimate of drug-likeness (QED) is 0.467. The van der Waals surface area contributed by atoms with E-state index in [2.05, 4.69) is 15.1 Å². The van der Waals surface area contributed by atoms with Gasteiger partial charge < -0.3 is 29.2 Å². The Balaban J connectivity index is 1.30. The van der Waals surface area contributed by atoms with Gasteiger partial charge in [0.25, 0.3) is 5.91 Å². The SMILES string of the molecule is O=C(NCCN1CCCC1)[C@H](CN(Cc1ccc2c(c1)OCO2)C[C@@H]1CCCO1)Oc1ccccc1F. The van der Waals surface area contributed by atoms with Crippen molar-refractivity contribution >= 4 is 5.91 Å². The smallest absolute Gasteiger partial charge is 0.262 e. The number of para-hydroxylation sites is 1. The van der Waals surface area contributed by atoms with Gasteiger partial charge in [0, 0.05) is 39.3 Å². The van der Waals surface area contributed by atoms with Crippen molar-refractivity contribution in [2.24, 2.45) is 0 Å². The van der Waals surface area contributed by atoms with Crippen LogP contribution in [0.5, 0.6) is 17.2 Å². The van der Waals surface area contributed by atoms with Crippen molar-refractivity contribution < 1.29 is 28.1 Å². The summed E-state index contributed by atoms with van der Waals surface area (Å²) >= 11 is 0. The van der Waals surface area contributed by atoms with E-state index in [0.717, 1.165) is 50.4 Å². The number of hydrogen-bond donors (Lipinski definition) is 1. The molecular weight excluding hydrogens is 477 g/mol. The van der Waals surface area contributed by atoms with Gasteiger partial charge in [0.2, 0.25) is 6.79 Å². The van der Waals surface area contributed by atoms with Crippen LogP contribution in [0.15, 0.2) is 42.5 Å². The minimum Gasteiger partial charge on any atom is -0.476 e. The molecule has 2 aromatic carbocycles. The monoisotopic (exact) mass is 513 g/mol. The molecule has 200 valence electrons. The van der Waals surface area contributed by atoms with Crippen molar-refractivity contribution in [3.8, 4) is 17.2 Å². The Hall–Kier alpha value is -2.88. The third kappa shape index (κ3) is 7.12. The van der Waals surface area contributed by atoms with E-state index in [4.69, 9.17) is 18.9 Å². The molecule has 1 amide bonds. The molecule has 3 aliphatic heterocycles. The lowest BCUT2D eigenvalue weighted by atomic mass is 10.1. The van der Waals surface area contributed by atoms with Crippen LogP contribution in [-0.4, -0.2) is 80.6 Å². The van der Waals surface area contributed by atoms with Crippen molar-refractivity contribution in [2.75, 3.05) is 52.7 Å². The zero-order chi connectivity index (χ0) is 25.5. The fourth-order valence-corrected chi connectivity index (χ4v) is 5.14. The van der Waals surface area contributed by atoms with Crippen LogP contribution in [0, 0.1) is 5.82 Å². The number of halogens is 1. The first kappa shape index (κ1) is 25.8. The van der Waals surface area contributed by atoms with Crippen LogP contribution < -0.4 is 19.5 Å². The van der Waals surface area contributed by atoms with Gasteiger partial charge in [-0.25, -0.2) is 4.39 Å². The molecule has 0 aromatic heterocycles. The number of amides is 1. The number of rotatable bonds is 12. The Kier molecular flexibility index (Phi) is 8.76. The average molecular weight is 514 g/mol. The Morgan fingerprint density at radius 1 is 1.14 bits per heavy atom. The van der Waals surface area contributed by atoms with Gasteiger partial charge in [-0.15, -0.1) is 0 Å². The van der Waals surface area contributed by atoms with Crippen LogP contribution in [-0.2, 0) is 16.1 Å². The second-order valence-electron chi connectivity index (χ2n) is 9.89. The number of ether oxygens (including phenoxy) is 4. The Morgan fingerprint density at radius 3 is 2.78 bits per heavy atom. The maximum absolute atomic E-state index is 14.5. The molecule has 9 heteroatoms. The van der Waals surface area contributed by atoms with Crippen molar-refractivity contribution in [2.45, 2.75) is 44.4 Å². The molecule has 2 aromatic rings. The summed E-state index contributed by atoms with van der Waals surface area (Å²) in [6, 6.07) is 12.1. The first-order valence-corrected chi connectivity index (χ1v) is 13.3. The second-order valence-corrected chi connectivity index (χ2v) is 9.89. The molecule has 0 aliphatic carbocycles. The highest BCUT2D eigenvalue weighted by Gasteiger charge is 2.28. The molecule has 0 bridgehead atoms. The molecule has 0 unspecified atom stereocenters. The lowest BCUT2D eigenvalue weighted by molar-refractivity contribution is -0.129. The Labute approximate surface area is 217 Å². The Bertz CT molecular complexity index is 1040. The molecule has 5 rings (SSSR count). The topological polar surface area (TPSA) is 72.5 Å². The number of likely N-dealkylation sites (tertiary alicyclic amines) is 1. The predicted molar refractivity (Wildman–Crippen MR) is 136 cm³/mol. The van der Waals surface area contributed by atoms with E-state index in [1.165, 1.54) is 18.9 Å². The molecule has 3 aliphatic rings. The molecular formula is C28H36FN3O5. The lowest BCUT2D eigenvalue weighted by Crippen LogP contribution is -2.48. The fraction of sp³-hybridized carbons (Fsp3) is 0.536. The van der Waals surface area contributed by atoms with E-state index in [0.29, 0.717) is 25.4 Å². The predicted octanol–water partition coefficient (Wildman–Crippen LogP) is 3.20. The van der Waals surface area contributed by atoms with Crippen LogP contribution in [0.4, 0.5) is 4.39 Å². The standard InChI is InChI=1S/C28H36FN3O5/c29-23-7-1-2-8-24(23)37-27(28(33)30-11-14-31-12-3-4-13-31)19-32(18-22-6-5-15-34-22)17-21-9-10-25-26(16-21)36-20-35-25/h1-2,7-10,16,22,27H,3-6,11-15,17-20H2,(H,30,33)/t22-,27-/m0/s1. The van der Waals surface area contributed by atoms with E-state index in [-0.39, 0.29) is 31.1 Å². The van der Waals surface area contributed by atoms with Crippen LogP contribution in [0.1, 0.15) is 31.2 Å². The Morgan fingerprint density at radius 2 is 1.97 bits per heavy atom. The number of benzene rings is 2. The second kappa shape index (κ2) is 12.6. The van der Waals surface area contributed by atoms with Gasteiger partial charge in [-0.05, 0) is 68.6 Å². The summed E-state index contributed by atoms with van der Waals surface area (Å²) in [5, 5.41) is 3.02. The van der Waals surface area contributed by atoms with Crippen molar-refractivity contribution in [3.63, 3.8) is 0 Å². The molecule has 2 saturated heterocycles. The molecule has 1 N–H and O–H groups in total. The van der Waals surface area contributed by atoms with Gasteiger partial charge in [0.05, 0.1) is 6.10 Å². The van der Waals surface area contributed by atoms with Crippen molar-refractivity contribution in [1.29, 1.82) is 0 Å². The minimum absolute atomic E-state index is 0.0716. The molecule has 0 spiro atoms. The van der Waals surface area contributed by atoms with Crippen molar-refractivity contribution in [3.05, 3.63) is 53.8 Å². The molecule has 37 heavy (non-hydrogen) atoms. The van der Waals surface area contributed by atoms with Crippen LogP contribution in [0.3, 0.4) is 0 Å². The van der Waals surface area contributed by atoms with Crippen LogP contribution in [0.2, 0.25) is 0 Å². The van der Waals surface area contributed by atoms with E-state index >= 15 is 0 Å². The van der Waals surface area contributed by atoms with Gasteiger partial charge in [0.15, 0.2) is 29.2 Å². The number of fused-ring (bicyclic) bond motifs is 1. The third-order valence-corrected chi connectivity index (χ3v) is 7.08. The molecule has 0 saturated carbocycles. The molecule has 3 heterocycles. The summed E-state index contributed by atoms with van der Waals surface area (Å²) in [6.45, 7) is 5.92. The highest BCUT2D eigenvalue weighted by atomic mass is 19.1. The first-order valence-electron chi connectivity index (χ1n) is 13.3. The van der Waals surface area contributed by atoms with E-state index in [9.17, 15) is 9.18 Å². The lowest BCUT2D eigenvalue weighted by Gasteiger charge is -2.29. The van der Waals surface area contributed by atoms with Gasteiger partial charge in [-0.1, -0.05) is 18.2 Å². The summed E-state index contributed by atoms with van der Waals surface area (Å²) in [6.07, 6.45) is 3.59. The number of hydrogen-bond acceptors (Lipinski definition) is 7. The highest BCUT2D eigenvalue weighted by molar-refractivity contribution is 5.81. The first-order chi connectivity index (χ1) is 18.1. The maximum atomic E-state index is 14.5. The number of nitrogens with zero attached hydrogens (tertiary/aromatic N) is 2. The summed E-state index contributed by atoms with van der Waals surface area (Å²) < 4.78 is 37.4. The number of carbonyl (C=O) groups is 1. The zero-order valence-corrected chi connectivity index (χ0v) is 21.2. The molecule has 0 radical (unpaired) electrons. The summed E-state index contributed by atoms with van der Waals surface area (Å²) in [5.41, 5.74) is 1.03. The van der Waals surface area contributed by atoms with Crippen molar-refractivity contribution in [1.82, 2.24) is 15.1 Å². The van der Waals surface area contributed by atoms with E-state index < -0.39 is 11.9 Å². The van der Waals surface area contributed by atoms with Crippen LogP contribution >= 0.6 is 0 Å². The number of nitrogens with one attached hydrogen (secondary N) is 1. The van der Waals surface area contributed by atoms with Gasteiger partial charge in [-0.3, -0.25) is 9.69 Å². The van der Waals surface area contributed by atoms with Crippen LogP contribution in [0.25, 0.3) is 0 Å². The summed E-state index contributed by atoms with van der Waals surface area (Å²) in [4.78, 5) is 17.8. The van der Waals surface area contributed by atoms with Gasteiger partial charge in [0.1, 0.15) is 0 Å². The maximum Gasteiger partial charge on any atom is 0.262 e. The van der Waals surface area contributed by atoms with E-state index in [1.54, 1.807) is 18.2 Å². The summed E-state index contributed by atoms with van der Waals surface area (Å²) in [7, 11) is 0. The largest absolute Gasteiger partial charge is 0.476 e. The normalized spacial score (nSPS) is 19.9. The van der Waals surface area contributed by atoms with E-state index in [1.807, 2.05) is 18.2 Å².